The van der Waals surface area contributed by atoms with Crippen molar-refractivity contribution in [2.45, 2.75) is 25.7 Å². The Balaban J connectivity index is 2.07. The van der Waals surface area contributed by atoms with Crippen LogP contribution in [0, 0.1) is 11.8 Å². The van der Waals surface area contributed by atoms with Crippen LogP contribution in [-0.2, 0) is 4.79 Å². The fourth-order valence-electron chi connectivity index (χ4n) is 2.74. The molecule has 2 N–H and O–H groups in total. The first-order chi connectivity index (χ1) is 9.26. The number of carbonyl (C=O) groups is 1. The monoisotopic (exact) mass is 263 g/mol. The molecule has 0 radical (unpaired) electrons. The molecule has 1 saturated carbocycles. The van der Waals surface area contributed by atoms with Crippen LogP contribution in [-0.4, -0.2) is 24.7 Å². The number of aliphatic hydroxyl groups excluding tert-OH is 1. The van der Waals surface area contributed by atoms with Gasteiger partial charge in [0.25, 0.3) is 0 Å². The highest BCUT2D eigenvalue weighted by molar-refractivity contribution is 5.94. The van der Waals surface area contributed by atoms with Gasteiger partial charge in [0.1, 0.15) is 5.75 Å². The zero-order valence-corrected chi connectivity index (χ0v) is 11.3. The lowest BCUT2D eigenvalue weighted by Gasteiger charge is -2.29. The van der Waals surface area contributed by atoms with Gasteiger partial charge in [-0.15, -0.1) is 0 Å². The van der Waals surface area contributed by atoms with Crippen molar-refractivity contribution >= 4 is 11.6 Å². The Bertz CT molecular complexity index is 433. The third kappa shape index (κ3) is 3.26. The van der Waals surface area contributed by atoms with Crippen LogP contribution in [0.2, 0.25) is 0 Å². The molecule has 1 amide bonds. The predicted octanol–water partition coefficient (Wildman–Crippen LogP) is 2.43. The summed E-state index contributed by atoms with van der Waals surface area (Å²) in [4.78, 5) is 12.3. The van der Waals surface area contributed by atoms with Crippen LogP contribution in [0.5, 0.6) is 5.75 Å². The summed E-state index contributed by atoms with van der Waals surface area (Å²) in [6.45, 7) is 0.0873. The van der Waals surface area contributed by atoms with E-state index in [1.807, 2.05) is 24.3 Å². The normalized spacial score (nSPS) is 22.8. The maximum atomic E-state index is 12.3. The number of benzene rings is 1. The van der Waals surface area contributed by atoms with Crippen LogP contribution in [0.1, 0.15) is 25.7 Å². The Hall–Kier alpha value is -1.55. The lowest BCUT2D eigenvalue weighted by molar-refractivity contribution is -0.123. The van der Waals surface area contributed by atoms with Gasteiger partial charge in [0.2, 0.25) is 5.91 Å². The van der Waals surface area contributed by atoms with Crippen LogP contribution in [0.3, 0.4) is 0 Å². The molecule has 1 aromatic rings. The quantitative estimate of drug-likeness (QED) is 0.877. The molecule has 1 aliphatic carbocycles. The van der Waals surface area contributed by atoms with E-state index in [2.05, 4.69) is 5.32 Å². The number of anilines is 1. The molecule has 2 atom stereocenters. The highest BCUT2D eigenvalue weighted by atomic mass is 16.5. The molecular weight excluding hydrogens is 242 g/mol. The third-order valence-electron chi connectivity index (χ3n) is 3.85. The number of ether oxygens (including phenoxy) is 1. The summed E-state index contributed by atoms with van der Waals surface area (Å²) in [6, 6.07) is 7.38. The van der Waals surface area contributed by atoms with Crippen molar-refractivity contribution in [3.63, 3.8) is 0 Å². The maximum absolute atomic E-state index is 12.3. The molecule has 0 aromatic heterocycles. The summed E-state index contributed by atoms with van der Waals surface area (Å²) in [5.74, 6) is 0.641. The van der Waals surface area contributed by atoms with Crippen molar-refractivity contribution in [1.29, 1.82) is 0 Å². The van der Waals surface area contributed by atoms with E-state index in [-0.39, 0.29) is 24.3 Å². The van der Waals surface area contributed by atoms with Crippen LogP contribution < -0.4 is 10.1 Å². The van der Waals surface area contributed by atoms with E-state index >= 15 is 0 Å². The maximum Gasteiger partial charge on any atom is 0.227 e. The van der Waals surface area contributed by atoms with Crippen molar-refractivity contribution in [1.82, 2.24) is 0 Å². The van der Waals surface area contributed by atoms with Crippen molar-refractivity contribution in [3.05, 3.63) is 24.3 Å². The van der Waals surface area contributed by atoms with E-state index in [0.29, 0.717) is 11.4 Å². The fraction of sp³-hybridized carbons (Fsp3) is 0.533. The molecule has 2 unspecified atom stereocenters. The Morgan fingerprint density at radius 1 is 1.37 bits per heavy atom. The first kappa shape index (κ1) is 13.9. The summed E-state index contributed by atoms with van der Waals surface area (Å²) < 4.78 is 5.22. The van der Waals surface area contributed by atoms with E-state index < -0.39 is 0 Å². The minimum absolute atomic E-state index is 0.0109. The van der Waals surface area contributed by atoms with Gasteiger partial charge in [-0.1, -0.05) is 25.0 Å². The molecular formula is C15H21NO3. The molecule has 19 heavy (non-hydrogen) atoms. The Morgan fingerprint density at radius 2 is 2.11 bits per heavy atom. The largest absolute Gasteiger partial charge is 0.495 e. The number of para-hydroxylation sites is 2. The van der Waals surface area contributed by atoms with E-state index in [4.69, 9.17) is 4.74 Å². The second-order valence-electron chi connectivity index (χ2n) is 5.02. The van der Waals surface area contributed by atoms with Crippen LogP contribution in [0.4, 0.5) is 5.69 Å². The second kappa shape index (κ2) is 6.57. The average molecular weight is 263 g/mol. The minimum Gasteiger partial charge on any atom is -0.495 e. The first-order valence-electron chi connectivity index (χ1n) is 6.81. The molecule has 104 valence electrons. The standard InChI is InChI=1S/C15H21NO3/c1-19-14-9-5-4-8-13(14)16-15(18)12-7-3-2-6-11(12)10-17/h4-5,8-9,11-12,17H,2-3,6-7,10H2,1H3,(H,16,18). The highest BCUT2D eigenvalue weighted by Gasteiger charge is 2.30. The van der Waals surface area contributed by atoms with Gasteiger partial charge in [-0.3, -0.25) is 4.79 Å². The SMILES string of the molecule is COc1ccccc1NC(=O)C1CCCCC1CO. The molecule has 2 rings (SSSR count). The first-order valence-corrected chi connectivity index (χ1v) is 6.81. The smallest absolute Gasteiger partial charge is 0.227 e. The lowest BCUT2D eigenvalue weighted by atomic mass is 9.79. The van der Waals surface area contributed by atoms with Crippen molar-refractivity contribution < 1.29 is 14.6 Å². The molecule has 1 fully saturated rings. The van der Waals surface area contributed by atoms with Gasteiger partial charge in [0.05, 0.1) is 12.8 Å². The van der Waals surface area contributed by atoms with Gasteiger partial charge in [-0.05, 0) is 30.9 Å². The van der Waals surface area contributed by atoms with Crippen molar-refractivity contribution in [2.24, 2.45) is 11.8 Å². The van der Waals surface area contributed by atoms with Crippen LogP contribution in [0.25, 0.3) is 0 Å². The number of hydrogen-bond donors (Lipinski definition) is 2. The second-order valence-corrected chi connectivity index (χ2v) is 5.02. The van der Waals surface area contributed by atoms with Gasteiger partial charge >= 0.3 is 0 Å². The highest BCUT2D eigenvalue weighted by Crippen LogP contribution is 2.32. The zero-order chi connectivity index (χ0) is 13.7. The van der Waals surface area contributed by atoms with Crippen molar-refractivity contribution in [3.8, 4) is 5.75 Å². The zero-order valence-electron chi connectivity index (χ0n) is 11.3. The van der Waals surface area contributed by atoms with E-state index in [1.54, 1.807) is 7.11 Å². The van der Waals surface area contributed by atoms with Gasteiger partial charge in [0.15, 0.2) is 0 Å². The number of hydrogen-bond acceptors (Lipinski definition) is 3. The van der Waals surface area contributed by atoms with E-state index in [9.17, 15) is 9.90 Å². The summed E-state index contributed by atoms with van der Waals surface area (Å²) in [5.41, 5.74) is 0.692. The molecule has 4 heteroatoms. The van der Waals surface area contributed by atoms with Crippen LogP contribution >= 0.6 is 0 Å². The van der Waals surface area contributed by atoms with Gasteiger partial charge in [-0.2, -0.15) is 0 Å². The Kier molecular flexibility index (Phi) is 4.80. The Labute approximate surface area is 113 Å². The van der Waals surface area contributed by atoms with Gasteiger partial charge in [0, 0.05) is 12.5 Å². The summed E-state index contributed by atoms with van der Waals surface area (Å²) in [6.07, 6.45) is 3.94. The molecule has 0 saturated heterocycles. The topological polar surface area (TPSA) is 58.6 Å². The molecule has 1 aliphatic rings. The van der Waals surface area contributed by atoms with Gasteiger partial charge < -0.3 is 15.2 Å². The van der Waals surface area contributed by atoms with Crippen LogP contribution in [0.15, 0.2) is 24.3 Å². The average Bonchev–Trinajstić information content (AvgIpc) is 2.47. The predicted molar refractivity (Wildman–Crippen MR) is 74.2 cm³/mol. The molecule has 0 bridgehead atoms. The molecule has 1 aromatic carbocycles. The number of amides is 1. The van der Waals surface area contributed by atoms with E-state index in [0.717, 1.165) is 25.7 Å². The molecule has 4 nitrogen and oxygen atoms in total. The number of nitrogens with one attached hydrogen (secondary N) is 1. The van der Waals surface area contributed by atoms with Gasteiger partial charge in [-0.25, -0.2) is 0 Å². The third-order valence-corrected chi connectivity index (χ3v) is 3.85. The number of aliphatic hydroxyl groups is 1. The fourth-order valence-corrected chi connectivity index (χ4v) is 2.74. The summed E-state index contributed by atoms with van der Waals surface area (Å²) >= 11 is 0. The minimum atomic E-state index is -0.0938. The molecule has 0 spiro atoms. The number of rotatable bonds is 4. The molecule has 0 aliphatic heterocycles. The summed E-state index contributed by atoms with van der Waals surface area (Å²) in [7, 11) is 1.59. The number of methoxy groups -OCH3 is 1. The lowest BCUT2D eigenvalue weighted by Crippen LogP contribution is -2.33. The number of carbonyl (C=O) groups excluding carboxylic acids is 1. The van der Waals surface area contributed by atoms with Crippen molar-refractivity contribution in [2.75, 3.05) is 19.0 Å². The molecule has 0 heterocycles. The Morgan fingerprint density at radius 3 is 2.84 bits per heavy atom. The van der Waals surface area contributed by atoms with E-state index in [1.165, 1.54) is 0 Å². The summed E-state index contributed by atoms with van der Waals surface area (Å²) in [5, 5.41) is 12.3.